The summed E-state index contributed by atoms with van der Waals surface area (Å²) in [6.07, 6.45) is 3.21. The number of carbonyl (C=O) groups excluding carboxylic acids is 3. The average molecular weight is 478 g/mol. The van der Waals surface area contributed by atoms with Crippen LogP contribution in [0.1, 0.15) is 71.6 Å². The standard InChI is InChI=1S/C26H23NO6S/c1-2-33-26(32)21-19-14-8-9-15-20(19)34-24(21)27(22(28)16-10-4-3-5-11-16)23(29)17-12-6-7-13-18(17)25(30)31/h3-7,10-13H,2,8-9,14-15H2,1H3,(H,30,31). The largest absolute Gasteiger partial charge is 0.478 e. The molecule has 2 amide bonds. The van der Waals surface area contributed by atoms with Crippen LogP contribution in [-0.4, -0.2) is 35.5 Å². The van der Waals surface area contributed by atoms with Crippen molar-refractivity contribution in [3.05, 3.63) is 87.3 Å². The molecule has 1 aromatic heterocycles. The van der Waals surface area contributed by atoms with E-state index in [2.05, 4.69) is 0 Å². The number of rotatable bonds is 6. The smallest absolute Gasteiger partial charge is 0.341 e. The second-order valence-corrected chi connectivity index (χ2v) is 8.86. The molecule has 0 saturated heterocycles. The van der Waals surface area contributed by atoms with Crippen LogP contribution in [0.4, 0.5) is 5.00 Å². The molecule has 34 heavy (non-hydrogen) atoms. The molecule has 2 aromatic carbocycles. The van der Waals surface area contributed by atoms with Gasteiger partial charge in [0.15, 0.2) is 0 Å². The first kappa shape index (κ1) is 23.4. The first-order chi connectivity index (χ1) is 16.4. The minimum atomic E-state index is -1.29. The Labute approximate surface area is 200 Å². The molecule has 1 aliphatic carbocycles. The molecule has 0 atom stereocenters. The summed E-state index contributed by atoms with van der Waals surface area (Å²) in [5.74, 6) is -3.33. The topological polar surface area (TPSA) is 101 Å². The van der Waals surface area contributed by atoms with Gasteiger partial charge >= 0.3 is 11.9 Å². The zero-order valence-electron chi connectivity index (χ0n) is 18.6. The van der Waals surface area contributed by atoms with Crippen molar-refractivity contribution in [2.45, 2.75) is 32.6 Å². The van der Waals surface area contributed by atoms with Crippen LogP contribution in [0.3, 0.4) is 0 Å². The second-order valence-electron chi connectivity index (χ2n) is 7.77. The lowest BCUT2D eigenvalue weighted by molar-refractivity contribution is 0.0525. The number of hydrogen-bond donors (Lipinski definition) is 1. The van der Waals surface area contributed by atoms with E-state index in [1.807, 2.05) is 0 Å². The number of benzene rings is 2. The van der Waals surface area contributed by atoms with E-state index in [9.17, 15) is 24.3 Å². The van der Waals surface area contributed by atoms with Gasteiger partial charge in [-0.25, -0.2) is 14.5 Å². The fourth-order valence-electron chi connectivity index (χ4n) is 4.09. The Hall–Kier alpha value is -3.78. The maximum atomic E-state index is 13.8. The van der Waals surface area contributed by atoms with Gasteiger partial charge in [0, 0.05) is 10.4 Å². The molecule has 0 saturated carbocycles. The maximum Gasteiger partial charge on any atom is 0.341 e. The second kappa shape index (κ2) is 10.0. The predicted octanol–water partition coefficient (Wildman–Crippen LogP) is 4.99. The highest BCUT2D eigenvalue weighted by Gasteiger charge is 2.36. The van der Waals surface area contributed by atoms with Gasteiger partial charge < -0.3 is 9.84 Å². The normalized spacial score (nSPS) is 12.5. The number of imide groups is 1. The summed E-state index contributed by atoms with van der Waals surface area (Å²) in [7, 11) is 0. The number of nitrogens with zero attached hydrogens (tertiary/aromatic N) is 1. The highest BCUT2D eigenvalue weighted by Crippen LogP contribution is 2.42. The van der Waals surface area contributed by atoms with Gasteiger partial charge in [-0.2, -0.15) is 0 Å². The molecule has 1 aliphatic rings. The molecule has 7 nitrogen and oxygen atoms in total. The number of carboxylic acid groups (broad SMARTS) is 1. The van der Waals surface area contributed by atoms with E-state index < -0.39 is 23.8 Å². The quantitative estimate of drug-likeness (QED) is 0.397. The molecule has 0 bridgehead atoms. The van der Waals surface area contributed by atoms with Crippen molar-refractivity contribution in [3.63, 3.8) is 0 Å². The van der Waals surface area contributed by atoms with Gasteiger partial charge in [0.1, 0.15) is 5.00 Å². The Bertz CT molecular complexity index is 1260. The molecule has 4 rings (SSSR count). The Morgan fingerprint density at radius 1 is 0.912 bits per heavy atom. The van der Waals surface area contributed by atoms with Gasteiger partial charge in [-0.15, -0.1) is 11.3 Å². The first-order valence-electron chi connectivity index (χ1n) is 11.0. The van der Waals surface area contributed by atoms with E-state index >= 15 is 0 Å². The van der Waals surface area contributed by atoms with Crippen molar-refractivity contribution >= 4 is 40.1 Å². The average Bonchev–Trinajstić information content (AvgIpc) is 3.23. The van der Waals surface area contributed by atoms with E-state index in [-0.39, 0.29) is 33.9 Å². The van der Waals surface area contributed by atoms with Crippen LogP contribution in [0.15, 0.2) is 54.6 Å². The molecule has 3 aromatic rings. The number of esters is 1. The molecule has 0 unspecified atom stereocenters. The third kappa shape index (κ3) is 4.36. The van der Waals surface area contributed by atoms with Gasteiger partial charge in [0.2, 0.25) is 0 Å². The van der Waals surface area contributed by atoms with Crippen molar-refractivity contribution in [2.75, 3.05) is 11.5 Å². The summed E-state index contributed by atoms with van der Waals surface area (Å²) >= 11 is 1.22. The Morgan fingerprint density at radius 3 is 2.24 bits per heavy atom. The molecule has 0 radical (unpaired) electrons. The Morgan fingerprint density at radius 2 is 1.56 bits per heavy atom. The molecule has 0 spiro atoms. The summed E-state index contributed by atoms with van der Waals surface area (Å²) < 4.78 is 5.30. The van der Waals surface area contributed by atoms with Crippen molar-refractivity contribution in [1.82, 2.24) is 0 Å². The number of ether oxygens (including phenoxy) is 1. The van der Waals surface area contributed by atoms with Gasteiger partial charge in [0.25, 0.3) is 11.8 Å². The van der Waals surface area contributed by atoms with E-state index in [0.29, 0.717) is 6.42 Å². The number of hydrogen-bond acceptors (Lipinski definition) is 6. The fraction of sp³-hybridized carbons (Fsp3) is 0.231. The summed E-state index contributed by atoms with van der Waals surface area (Å²) in [5, 5.41) is 9.81. The van der Waals surface area contributed by atoms with Crippen LogP contribution in [0.25, 0.3) is 0 Å². The minimum Gasteiger partial charge on any atom is -0.478 e. The SMILES string of the molecule is CCOC(=O)c1c(N(C(=O)c2ccccc2)C(=O)c2ccccc2C(=O)O)sc2c1CCCC2. The van der Waals surface area contributed by atoms with Crippen LogP contribution < -0.4 is 4.90 Å². The molecule has 0 aliphatic heterocycles. The van der Waals surface area contributed by atoms with Crippen molar-refractivity contribution < 1.29 is 29.0 Å². The molecule has 1 heterocycles. The Kier molecular flexibility index (Phi) is 6.88. The van der Waals surface area contributed by atoms with Crippen molar-refractivity contribution in [1.29, 1.82) is 0 Å². The lowest BCUT2D eigenvalue weighted by Gasteiger charge is -2.22. The first-order valence-corrected chi connectivity index (χ1v) is 11.8. The molecular weight excluding hydrogens is 454 g/mol. The number of aromatic carboxylic acids is 1. The zero-order chi connectivity index (χ0) is 24.2. The number of thiophene rings is 1. The van der Waals surface area contributed by atoms with E-state index in [1.165, 1.54) is 35.6 Å². The van der Waals surface area contributed by atoms with Crippen molar-refractivity contribution in [3.8, 4) is 0 Å². The van der Waals surface area contributed by atoms with E-state index in [4.69, 9.17) is 4.74 Å². The summed E-state index contributed by atoms with van der Waals surface area (Å²) in [6.45, 7) is 1.84. The van der Waals surface area contributed by atoms with Gasteiger partial charge in [-0.3, -0.25) is 9.59 Å². The predicted molar refractivity (Wildman–Crippen MR) is 128 cm³/mol. The summed E-state index contributed by atoms with van der Waals surface area (Å²) in [6, 6.07) is 14.0. The van der Waals surface area contributed by atoms with E-state index in [1.54, 1.807) is 37.3 Å². The number of aryl methyl sites for hydroxylation is 1. The van der Waals surface area contributed by atoms with Crippen LogP contribution in [0.2, 0.25) is 0 Å². The van der Waals surface area contributed by atoms with Crippen LogP contribution in [0, 0.1) is 0 Å². The van der Waals surface area contributed by atoms with Crippen LogP contribution in [0.5, 0.6) is 0 Å². The van der Waals surface area contributed by atoms with Gasteiger partial charge in [-0.1, -0.05) is 30.3 Å². The zero-order valence-corrected chi connectivity index (χ0v) is 19.4. The van der Waals surface area contributed by atoms with Crippen LogP contribution in [-0.2, 0) is 17.6 Å². The lowest BCUT2D eigenvalue weighted by Crippen LogP contribution is -2.38. The number of fused-ring (bicyclic) bond motifs is 1. The highest BCUT2D eigenvalue weighted by molar-refractivity contribution is 7.17. The highest BCUT2D eigenvalue weighted by atomic mass is 32.1. The van der Waals surface area contributed by atoms with Gasteiger partial charge in [0.05, 0.1) is 23.3 Å². The lowest BCUT2D eigenvalue weighted by atomic mass is 9.95. The van der Waals surface area contributed by atoms with Crippen LogP contribution >= 0.6 is 11.3 Å². The molecule has 1 N–H and O–H groups in total. The fourth-order valence-corrected chi connectivity index (χ4v) is 5.46. The number of anilines is 1. The van der Waals surface area contributed by atoms with Crippen molar-refractivity contribution in [2.24, 2.45) is 0 Å². The third-order valence-corrected chi connectivity index (χ3v) is 6.93. The summed E-state index contributed by atoms with van der Waals surface area (Å²) in [4.78, 5) is 54.3. The molecule has 0 fully saturated rings. The number of carbonyl (C=O) groups is 4. The monoisotopic (exact) mass is 477 g/mol. The molecular formula is C26H23NO6S. The van der Waals surface area contributed by atoms with E-state index in [0.717, 1.165) is 34.6 Å². The molecule has 174 valence electrons. The minimum absolute atomic E-state index is 0.138. The maximum absolute atomic E-state index is 13.8. The Balaban J connectivity index is 1.94. The third-order valence-electron chi connectivity index (χ3n) is 5.65. The number of amides is 2. The molecule has 8 heteroatoms. The number of carboxylic acids is 1. The summed E-state index contributed by atoms with van der Waals surface area (Å²) in [5.41, 5.74) is 0.893. The van der Waals surface area contributed by atoms with Gasteiger partial charge in [-0.05, 0) is 62.4 Å².